The summed E-state index contributed by atoms with van der Waals surface area (Å²) in [5.74, 6) is 0. The van der Waals surface area contributed by atoms with E-state index in [-0.39, 0.29) is 6.04 Å². The Morgan fingerprint density at radius 1 is 1.29 bits per heavy atom. The van der Waals surface area contributed by atoms with Gasteiger partial charge in [0.1, 0.15) is 0 Å². The molecule has 1 heterocycles. The second-order valence-electron chi connectivity index (χ2n) is 3.19. The van der Waals surface area contributed by atoms with Crippen molar-refractivity contribution in [1.29, 1.82) is 0 Å². The molecule has 1 aromatic carbocycles. The molecule has 1 atom stereocenters. The van der Waals surface area contributed by atoms with Crippen molar-refractivity contribution in [3.63, 3.8) is 0 Å². The number of thiazole rings is 1. The predicted octanol–water partition coefficient (Wildman–Crippen LogP) is 2.39. The van der Waals surface area contributed by atoms with Crippen molar-refractivity contribution < 1.29 is 0 Å². The van der Waals surface area contributed by atoms with Gasteiger partial charge in [0.2, 0.25) is 0 Å². The smallest absolute Gasteiger partial charge is 0.0794 e. The van der Waals surface area contributed by atoms with Gasteiger partial charge in [-0.1, -0.05) is 30.3 Å². The Bertz CT molecular complexity index is 369. The fourth-order valence-corrected chi connectivity index (χ4v) is 2.03. The number of hydrogen-bond donors (Lipinski definition) is 1. The minimum atomic E-state index is 0.0802. The summed E-state index contributed by atoms with van der Waals surface area (Å²) in [7, 11) is 0. The lowest BCUT2D eigenvalue weighted by Gasteiger charge is -2.09. The van der Waals surface area contributed by atoms with E-state index in [9.17, 15) is 0 Å². The Morgan fingerprint density at radius 3 is 2.71 bits per heavy atom. The molecular weight excluding hydrogens is 192 g/mol. The minimum Gasteiger partial charge on any atom is -0.324 e. The fourth-order valence-electron chi connectivity index (χ4n) is 1.38. The first kappa shape index (κ1) is 9.37. The number of rotatable bonds is 3. The molecule has 0 saturated carbocycles. The van der Waals surface area contributed by atoms with Gasteiger partial charge < -0.3 is 5.73 Å². The number of aromatic nitrogens is 1. The van der Waals surface area contributed by atoms with Crippen molar-refractivity contribution in [3.8, 4) is 0 Å². The highest BCUT2D eigenvalue weighted by molar-refractivity contribution is 7.09. The van der Waals surface area contributed by atoms with Crippen LogP contribution in [-0.2, 0) is 6.42 Å². The second kappa shape index (κ2) is 4.35. The van der Waals surface area contributed by atoms with Crippen molar-refractivity contribution in [1.82, 2.24) is 4.98 Å². The highest BCUT2D eigenvalue weighted by Crippen LogP contribution is 2.17. The molecule has 1 aromatic heterocycles. The van der Waals surface area contributed by atoms with Crippen LogP contribution in [0.25, 0.3) is 0 Å². The molecule has 0 amide bonds. The van der Waals surface area contributed by atoms with Crippen LogP contribution in [-0.4, -0.2) is 4.98 Å². The quantitative estimate of drug-likeness (QED) is 0.833. The Balaban J connectivity index is 2.07. The van der Waals surface area contributed by atoms with E-state index >= 15 is 0 Å². The average Bonchev–Trinajstić information content (AvgIpc) is 2.72. The van der Waals surface area contributed by atoms with Crippen molar-refractivity contribution in [2.45, 2.75) is 12.5 Å². The normalized spacial score (nSPS) is 12.6. The maximum absolute atomic E-state index is 6.07. The third kappa shape index (κ3) is 2.19. The second-order valence-corrected chi connectivity index (χ2v) is 4.16. The van der Waals surface area contributed by atoms with E-state index < -0.39 is 0 Å². The van der Waals surface area contributed by atoms with Crippen LogP contribution in [0.2, 0.25) is 0 Å². The maximum Gasteiger partial charge on any atom is 0.0794 e. The molecule has 14 heavy (non-hydrogen) atoms. The topological polar surface area (TPSA) is 38.9 Å². The Kier molecular flexibility index (Phi) is 2.91. The number of benzene rings is 1. The lowest BCUT2D eigenvalue weighted by atomic mass is 10.0. The van der Waals surface area contributed by atoms with E-state index in [1.165, 1.54) is 10.4 Å². The third-order valence-electron chi connectivity index (χ3n) is 2.13. The molecule has 2 nitrogen and oxygen atoms in total. The number of hydrogen-bond acceptors (Lipinski definition) is 3. The lowest BCUT2D eigenvalue weighted by Crippen LogP contribution is -2.12. The summed E-state index contributed by atoms with van der Waals surface area (Å²) in [6, 6.07) is 10.2. The zero-order valence-electron chi connectivity index (χ0n) is 7.76. The zero-order valence-corrected chi connectivity index (χ0v) is 8.58. The summed E-state index contributed by atoms with van der Waals surface area (Å²) >= 11 is 1.65. The van der Waals surface area contributed by atoms with Crippen LogP contribution in [0.15, 0.2) is 42.0 Å². The van der Waals surface area contributed by atoms with Gasteiger partial charge in [-0.15, -0.1) is 11.3 Å². The third-order valence-corrected chi connectivity index (χ3v) is 2.93. The van der Waals surface area contributed by atoms with Crippen LogP contribution in [0.4, 0.5) is 0 Å². The molecule has 72 valence electrons. The highest BCUT2D eigenvalue weighted by Gasteiger charge is 2.06. The van der Waals surface area contributed by atoms with Crippen molar-refractivity contribution in [3.05, 3.63) is 52.5 Å². The fraction of sp³-hybridized carbons (Fsp3) is 0.182. The molecule has 2 rings (SSSR count). The van der Waals surface area contributed by atoms with E-state index in [0.717, 1.165) is 6.42 Å². The summed E-state index contributed by atoms with van der Waals surface area (Å²) in [5, 5.41) is 0. The van der Waals surface area contributed by atoms with Gasteiger partial charge in [-0.2, -0.15) is 0 Å². The molecule has 0 aliphatic carbocycles. The molecule has 2 aromatic rings. The molecule has 2 N–H and O–H groups in total. The maximum atomic E-state index is 6.07. The van der Waals surface area contributed by atoms with Crippen LogP contribution in [0.3, 0.4) is 0 Å². The van der Waals surface area contributed by atoms with Gasteiger partial charge in [0.05, 0.1) is 5.51 Å². The lowest BCUT2D eigenvalue weighted by molar-refractivity contribution is 0.729. The molecule has 0 spiro atoms. The van der Waals surface area contributed by atoms with E-state index in [4.69, 9.17) is 5.73 Å². The van der Waals surface area contributed by atoms with E-state index in [1.807, 2.05) is 29.9 Å². The molecule has 0 fully saturated rings. The number of nitrogens with zero attached hydrogens (tertiary/aromatic N) is 1. The zero-order chi connectivity index (χ0) is 9.80. The standard InChI is InChI=1S/C11H12N2S/c12-11(6-10-7-13-8-14-10)9-4-2-1-3-5-9/h1-5,7-8,11H,6,12H2. The molecule has 3 heteroatoms. The van der Waals surface area contributed by atoms with Gasteiger partial charge in [0, 0.05) is 23.5 Å². The van der Waals surface area contributed by atoms with E-state index in [1.54, 1.807) is 11.3 Å². The summed E-state index contributed by atoms with van der Waals surface area (Å²) in [6.07, 6.45) is 2.75. The predicted molar refractivity (Wildman–Crippen MR) is 59.2 cm³/mol. The Morgan fingerprint density at radius 2 is 2.07 bits per heavy atom. The molecule has 0 aliphatic rings. The van der Waals surface area contributed by atoms with Crippen molar-refractivity contribution in [2.24, 2.45) is 5.73 Å². The van der Waals surface area contributed by atoms with Crippen LogP contribution >= 0.6 is 11.3 Å². The SMILES string of the molecule is NC(Cc1cncs1)c1ccccc1. The summed E-state index contributed by atoms with van der Waals surface area (Å²) in [4.78, 5) is 5.27. The van der Waals surface area contributed by atoms with E-state index in [2.05, 4.69) is 17.1 Å². The molecule has 0 aliphatic heterocycles. The van der Waals surface area contributed by atoms with Gasteiger partial charge in [-0.25, -0.2) is 0 Å². The molecule has 0 radical (unpaired) electrons. The summed E-state index contributed by atoms with van der Waals surface area (Å²) in [6.45, 7) is 0. The van der Waals surface area contributed by atoms with Crippen LogP contribution in [0.5, 0.6) is 0 Å². The summed E-state index contributed by atoms with van der Waals surface area (Å²) < 4.78 is 0. The Hall–Kier alpha value is -1.19. The van der Waals surface area contributed by atoms with Crippen molar-refractivity contribution >= 4 is 11.3 Å². The molecule has 0 saturated heterocycles. The summed E-state index contributed by atoms with van der Waals surface area (Å²) in [5.41, 5.74) is 9.09. The van der Waals surface area contributed by atoms with Gasteiger partial charge in [-0.3, -0.25) is 4.98 Å². The molecule has 1 unspecified atom stereocenters. The van der Waals surface area contributed by atoms with Gasteiger partial charge in [-0.05, 0) is 5.56 Å². The van der Waals surface area contributed by atoms with Crippen LogP contribution in [0, 0.1) is 0 Å². The minimum absolute atomic E-state index is 0.0802. The first-order valence-corrected chi connectivity index (χ1v) is 5.42. The van der Waals surface area contributed by atoms with Crippen molar-refractivity contribution in [2.75, 3.05) is 0 Å². The highest BCUT2D eigenvalue weighted by atomic mass is 32.1. The van der Waals surface area contributed by atoms with Crippen LogP contribution in [0.1, 0.15) is 16.5 Å². The van der Waals surface area contributed by atoms with E-state index in [0.29, 0.717) is 0 Å². The first-order chi connectivity index (χ1) is 6.86. The first-order valence-electron chi connectivity index (χ1n) is 4.54. The number of nitrogens with two attached hydrogens (primary N) is 1. The van der Waals surface area contributed by atoms with Crippen LogP contribution < -0.4 is 5.73 Å². The monoisotopic (exact) mass is 204 g/mol. The average molecular weight is 204 g/mol. The largest absolute Gasteiger partial charge is 0.324 e. The van der Waals surface area contributed by atoms with Gasteiger partial charge in [0.15, 0.2) is 0 Å². The van der Waals surface area contributed by atoms with Gasteiger partial charge >= 0.3 is 0 Å². The molecule has 0 bridgehead atoms. The van der Waals surface area contributed by atoms with Gasteiger partial charge in [0.25, 0.3) is 0 Å². The Labute approximate surface area is 87.4 Å². The molecular formula is C11H12N2S.